The fourth-order valence-electron chi connectivity index (χ4n) is 9.20. The van der Waals surface area contributed by atoms with Crippen LogP contribution in [0.3, 0.4) is 0 Å². The van der Waals surface area contributed by atoms with Gasteiger partial charge in [-0.2, -0.15) is 0 Å². The van der Waals surface area contributed by atoms with Crippen molar-refractivity contribution in [3.63, 3.8) is 0 Å². The van der Waals surface area contributed by atoms with Gasteiger partial charge >= 0.3 is 0 Å². The second-order valence-electron chi connectivity index (χ2n) is 14.4. The van der Waals surface area contributed by atoms with Crippen molar-refractivity contribution in [3.05, 3.63) is 235 Å². The molecule has 1 aromatic heterocycles. The standard InChI is InChI=1S/C53H35NO/c1-3-19-38(20-4-1)53(39-21-5-2-6-22-39)48-29-11-9-25-44(48)45-33-32-41(35-49(45)53)54(50-30-15-28-47-46-26-10-12-31-51(46)55-52(47)50)40-23-13-18-37(34-40)43-27-14-17-36-16-7-8-24-42(36)43/h1-35H. The molecule has 0 bridgehead atoms. The van der Waals surface area contributed by atoms with Gasteiger partial charge in [0.15, 0.2) is 5.58 Å². The number of benzene rings is 9. The highest BCUT2D eigenvalue weighted by Crippen LogP contribution is 2.57. The molecule has 0 N–H and O–H groups in total. The first-order chi connectivity index (χ1) is 27.3. The summed E-state index contributed by atoms with van der Waals surface area (Å²) < 4.78 is 6.76. The third-order valence-corrected chi connectivity index (χ3v) is 11.5. The van der Waals surface area contributed by atoms with E-state index in [-0.39, 0.29) is 0 Å². The van der Waals surface area contributed by atoms with Crippen LogP contribution in [-0.2, 0) is 5.41 Å². The van der Waals surface area contributed by atoms with E-state index in [1.165, 1.54) is 49.7 Å². The Labute approximate surface area is 320 Å². The van der Waals surface area contributed by atoms with Crippen molar-refractivity contribution in [1.82, 2.24) is 0 Å². The Balaban J connectivity index is 1.20. The van der Waals surface area contributed by atoms with Crippen molar-refractivity contribution in [2.75, 3.05) is 4.90 Å². The Kier molecular flexibility index (Phi) is 7.11. The summed E-state index contributed by atoms with van der Waals surface area (Å²) in [6.45, 7) is 0. The zero-order valence-electron chi connectivity index (χ0n) is 30.1. The van der Waals surface area contributed by atoms with Crippen molar-refractivity contribution in [2.45, 2.75) is 5.41 Å². The number of nitrogens with zero attached hydrogens (tertiary/aromatic N) is 1. The van der Waals surface area contributed by atoms with Crippen molar-refractivity contribution in [1.29, 1.82) is 0 Å². The number of hydrogen-bond donors (Lipinski definition) is 0. The molecule has 2 nitrogen and oxygen atoms in total. The Morgan fingerprint density at radius 2 is 0.982 bits per heavy atom. The van der Waals surface area contributed by atoms with Crippen LogP contribution in [0.4, 0.5) is 17.1 Å². The molecule has 0 saturated carbocycles. The van der Waals surface area contributed by atoms with Crippen molar-refractivity contribution >= 4 is 49.8 Å². The Hall–Kier alpha value is -7.16. The van der Waals surface area contributed by atoms with Crippen molar-refractivity contribution in [2.24, 2.45) is 0 Å². The molecule has 0 unspecified atom stereocenters. The first kappa shape index (κ1) is 31.4. The molecule has 9 aromatic carbocycles. The number of fused-ring (bicyclic) bond motifs is 7. The molecule has 0 spiro atoms. The van der Waals surface area contributed by atoms with Crippen LogP contribution in [-0.4, -0.2) is 0 Å². The van der Waals surface area contributed by atoms with E-state index < -0.39 is 5.41 Å². The van der Waals surface area contributed by atoms with Gasteiger partial charge in [0.1, 0.15) is 5.58 Å². The number of para-hydroxylation sites is 2. The zero-order chi connectivity index (χ0) is 36.3. The van der Waals surface area contributed by atoms with Gasteiger partial charge in [-0.05, 0) is 91.7 Å². The molecular formula is C53H35NO. The average molecular weight is 702 g/mol. The topological polar surface area (TPSA) is 16.4 Å². The van der Waals surface area contributed by atoms with E-state index in [1.807, 2.05) is 6.07 Å². The summed E-state index contributed by atoms with van der Waals surface area (Å²) in [6, 6.07) is 77.0. The van der Waals surface area contributed by atoms with Crippen LogP contribution in [0.5, 0.6) is 0 Å². The first-order valence-corrected chi connectivity index (χ1v) is 18.9. The predicted molar refractivity (Wildman–Crippen MR) is 229 cm³/mol. The SMILES string of the molecule is c1ccc(C2(c3ccccc3)c3ccccc3-c3ccc(N(c4cccc(-c5cccc6ccccc56)c4)c4cccc5c4oc4ccccc45)cc32)cc1. The van der Waals surface area contributed by atoms with Crippen LogP contribution in [0.1, 0.15) is 22.3 Å². The van der Waals surface area contributed by atoms with Crippen LogP contribution < -0.4 is 4.90 Å². The van der Waals surface area contributed by atoms with Gasteiger partial charge in [-0.15, -0.1) is 0 Å². The lowest BCUT2D eigenvalue weighted by Crippen LogP contribution is -2.28. The van der Waals surface area contributed by atoms with Gasteiger partial charge in [0.05, 0.1) is 11.1 Å². The lowest BCUT2D eigenvalue weighted by atomic mass is 9.67. The quantitative estimate of drug-likeness (QED) is 0.172. The lowest BCUT2D eigenvalue weighted by molar-refractivity contribution is 0.669. The summed E-state index contributed by atoms with van der Waals surface area (Å²) in [4.78, 5) is 2.39. The molecule has 0 fully saturated rings. The molecule has 1 aliphatic carbocycles. The number of furan rings is 1. The van der Waals surface area contributed by atoms with Crippen LogP contribution in [0.25, 0.3) is 55.0 Å². The Bertz CT molecular complexity index is 3000. The molecule has 2 heteroatoms. The smallest absolute Gasteiger partial charge is 0.159 e. The van der Waals surface area contributed by atoms with Crippen LogP contribution in [0.2, 0.25) is 0 Å². The van der Waals surface area contributed by atoms with E-state index in [0.29, 0.717) is 0 Å². The average Bonchev–Trinajstić information content (AvgIpc) is 3.79. The minimum absolute atomic E-state index is 0.522. The third kappa shape index (κ3) is 4.75. The first-order valence-electron chi connectivity index (χ1n) is 18.9. The van der Waals surface area contributed by atoms with Crippen LogP contribution >= 0.6 is 0 Å². The van der Waals surface area contributed by atoms with Gasteiger partial charge in [0.25, 0.3) is 0 Å². The minimum atomic E-state index is -0.522. The van der Waals surface area contributed by atoms with Crippen molar-refractivity contribution in [3.8, 4) is 22.3 Å². The molecule has 0 radical (unpaired) electrons. The van der Waals surface area contributed by atoms with Gasteiger partial charge in [0, 0.05) is 22.1 Å². The summed E-state index contributed by atoms with van der Waals surface area (Å²) in [7, 11) is 0. The van der Waals surface area contributed by atoms with Gasteiger partial charge in [-0.25, -0.2) is 0 Å². The second-order valence-corrected chi connectivity index (χ2v) is 14.4. The summed E-state index contributed by atoms with van der Waals surface area (Å²) in [6.07, 6.45) is 0. The summed E-state index contributed by atoms with van der Waals surface area (Å²) in [5.41, 5.74) is 14.2. The fraction of sp³-hybridized carbons (Fsp3) is 0.0189. The van der Waals surface area contributed by atoms with E-state index in [2.05, 4.69) is 211 Å². The Morgan fingerprint density at radius 3 is 1.82 bits per heavy atom. The second kappa shape index (κ2) is 12.5. The number of anilines is 3. The van der Waals surface area contributed by atoms with E-state index in [0.717, 1.165) is 44.6 Å². The van der Waals surface area contributed by atoms with E-state index in [4.69, 9.17) is 4.42 Å². The molecule has 0 saturated heterocycles. The summed E-state index contributed by atoms with van der Waals surface area (Å²) in [5, 5.41) is 4.67. The molecule has 0 aliphatic heterocycles. The largest absolute Gasteiger partial charge is 0.454 e. The summed E-state index contributed by atoms with van der Waals surface area (Å²) >= 11 is 0. The normalized spacial score (nSPS) is 12.9. The highest BCUT2D eigenvalue weighted by Gasteiger charge is 2.46. The molecule has 258 valence electrons. The molecule has 0 atom stereocenters. The van der Waals surface area contributed by atoms with E-state index >= 15 is 0 Å². The minimum Gasteiger partial charge on any atom is -0.454 e. The van der Waals surface area contributed by atoms with Gasteiger partial charge in [0.2, 0.25) is 0 Å². The molecule has 10 aromatic rings. The maximum Gasteiger partial charge on any atom is 0.159 e. The van der Waals surface area contributed by atoms with E-state index in [1.54, 1.807) is 0 Å². The van der Waals surface area contributed by atoms with Gasteiger partial charge < -0.3 is 9.32 Å². The molecule has 0 amide bonds. The van der Waals surface area contributed by atoms with Gasteiger partial charge in [-0.1, -0.05) is 176 Å². The molecule has 1 aliphatic rings. The highest BCUT2D eigenvalue weighted by atomic mass is 16.3. The molecular weight excluding hydrogens is 667 g/mol. The maximum atomic E-state index is 6.76. The molecule has 55 heavy (non-hydrogen) atoms. The number of rotatable bonds is 6. The lowest BCUT2D eigenvalue weighted by Gasteiger charge is -2.35. The van der Waals surface area contributed by atoms with Crippen LogP contribution in [0, 0.1) is 0 Å². The Morgan fingerprint density at radius 1 is 0.382 bits per heavy atom. The maximum absolute atomic E-state index is 6.76. The zero-order valence-corrected chi connectivity index (χ0v) is 30.1. The number of hydrogen-bond acceptors (Lipinski definition) is 2. The van der Waals surface area contributed by atoms with Gasteiger partial charge in [-0.3, -0.25) is 0 Å². The molecule has 11 rings (SSSR count). The molecule has 1 heterocycles. The monoisotopic (exact) mass is 701 g/mol. The van der Waals surface area contributed by atoms with Crippen LogP contribution in [0.15, 0.2) is 217 Å². The third-order valence-electron chi connectivity index (χ3n) is 11.5. The fourth-order valence-corrected chi connectivity index (χ4v) is 9.20. The summed E-state index contributed by atoms with van der Waals surface area (Å²) in [5.74, 6) is 0. The highest BCUT2D eigenvalue weighted by molar-refractivity contribution is 6.10. The predicted octanol–water partition coefficient (Wildman–Crippen LogP) is 14.2. The van der Waals surface area contributed by atoms with Crippen molar-refractivity contribution < 1.29 is 4.42 Å². The van der Waals surface area contributed by atoms with E-state index in [9.17, 15) is 0 Å².